The largest absolute Gasteiger partial charge is 0.490 e. The summed E-state index contributed by atoms with van der Waals surface area (Å²) in [6.07, 6.45) is 4.75. The normalized spacial score (nSPS) is 25.0. The molecule has 2 aromatic rings. The maximum atomic E-state index is 9.28. The first-order chi connectivity index (χ1) is 11.8. The summed E-state index contributed by atoms with van der Waals surface area (Å²) >= 11 is 0. The van der Waals surface area contributed by atoms with Gasteiger partial charge in [0.05, 0.1) is 11.6 Å². The molecule has 0 radical (unpaired) electrons. The molecule has 0 amide bonds. The van der Waals surface area contributed by atoms with Crippen molar-refractivity contribution in [3.05, 3.63) is 54.1 Å². The highest BCUT2D eigenvalue weighted by molar-refractivity contribution is 5.45. The van der Waals surface area contributed by atoms with Crippen molar-refractivity contribution in [2.24, 2.45) is 0 Å². The van der Waals surface area contributed by atoms with E-state index in [-0.39, 0.29) is 6.10 Å². The summed E-state index contributed by atoms with van der Waals surface area (Å²) in [6, 6.07) is 18.3. The zero-order valence-corrected chi connectivity index (χ0v) is 13.4. The SMILES string of the molecule is N#Cc1cc(Oc2ccccc2)cc(OC2CC3CCC(C2)N3)c1. The smallest absolute Gasteiger partial charge is 0.132 e. The molecule has 4 nitrogen and oxygen atoms in total. The minimum absolute atomic E-state index is 0.210. The monoisotopic (exact) mass is 320 g/mol. The van der Waals surface area contributed by atoms with Gasteiger partial charge in [0.1, 0.15) is 23.4 Å². The van der Waals surface area contributed by atoms with Gasteiger partial charge in [-0.2, -0.15) is 5.26 Å². The second-order valence-electron chi connectivity index (χ2n) is 6.57. The summed E-state index contributed by atoms with van der Waals surface area (Å²) in [7, 11) is 0. The Hall–Kier alpha value is -2.51. The maximum absolute atomic E-state index is 9.28. The Labute approximate surface area is 142 Å². The van der Waals surface area contributed by atoms with Crippen LogP contribution >= 0.6 is 0 Å². The van der Waals surface area contributed by atoms with Gasteiger partial charge in [-0.05, 0) is 49.9 Å². The summed E-state index contributed by atoms with van der Waals surface area (Å²) in [6.45, 7) is 0. The van der Waals surface area contributed by atoms with Crippen LogP contribution in [0, 0.1) is 11.3 Å². The maximum Gasteiger partial charge on any atom is 0.132 e. The van der Waals surface area contributed by atoms with E-state index in [2.05, 4.69) is 11.4 Å². The van der Waals surface area contributed by atoms with Crippen LogP contribution in [0.1, 0.15) is 31.2 Å². The van der Waals surface area contributed by atoms with Crippen LogP contribution in [0.15, 0.2) is 48.5 Å². The van der Waals surface area contributed by atoms with Gasteiger partial charge < -0.3 is 14.8 Å². The van der Waals surface area contributed by atoms with Crippen LogP contribution in [0.2, 0.25) is 0 Å². The lowest BCUT2D eigenvalue weighted by Gasteiger charge is -2.29. The first kappa shape index (κ1) is 15.0. The minimum Gasteiger partial charge on any atom is -0.490 e. The van der Waals surface area contributed by atoms with E-state index in [1.54, 1.807) is 12.1 Å². The minimum atomic E-state index is 0.210. The first-order valence-corrected chi connectivity index (χ1v) is 8.49. The van der Waals surface area contributed by atoms with Crippen molar-refractivity contribution in [2.75, 3.05) is 0 Å². The second kappa shape index (κ2) is 6.54. The number of benzene rings is 2. The van der Waals surface area contributed by atoms with Crippen molar-refractivity contribution in [3.8, 4) is 23.3 Å². The summed E-state index contributed by atoms with van der Waals surface area (Å²) in [5, 5.41) is 12.9. The molecule has 0 saturated carbocycles. The number of nitrogens with zero attached hydrogens (tertiary/aromatic N) is 1. The van der Waals surface area contributed by atoms with Gasteiger partial charge in [-0.3, -0.25) is 0 Å². The zero-order valence-electron chi connectivity index (χ0n) is 13.4. The van der Waals surface area contributed by atoms with Gasteiger partial charge >= 0.3 is 0 Å². The average molecular weight is 320 g/mol. The Bertz CT molecular complexity index is 742. The summed E-state index contributed by atoms with van der Waals surface area (Å²) in [5.41, 5.74) is 0.551. The predicted octanol–water partition coefficient (Wildman–Crippen LogP) is 4.01. The van der Waals surface area contributed by atoms with Gasteiger partial charge in [0, 0.05) is 18.2 Å². The number of nitrogens with one attached hydrogen (secondary N) is 1. The fourth-order valence-electron chi connectivity index (χ4n) is 3.68. The molecule has 2 fully saturated rings. The van der Waals surface area contributed by atoms with E-state index >= 15 is 0 Å². The topological polar surface area (TPSA) is 54.3 Å². The number of hydrogen-bond donors (Lipinski definition) is 1. The van der Waals surface area contributed by atoms with Crippen LogP contribution in [0.25, 0.3) is 0 Å². The van der Waals surface area contributed by atoms with Crippen LogP contribution in [0.3, 0.4) is 0 Å². The number of fused-ring (bicyclic) bond motifs is 2. The lowest BCUT2D eigenvalue weighted by molar-refractivity contribution is 0.137. The van der Waals surface area contributed by atoms with Gasteiger partial charge in [-0.1, -0.05) is 18.2 Å². The van der Waals surface area contributed by atoms with E-state index in [1.165, 1.54) is 12.8 Å². The zero-order chi connectivity index (χ0) is 16.4. The first-order valence-electron chi connectivity index (χ1n) is 8.49. The number of rotatable bonds is 4. The Kier molecular flexibility index (Phi) is 4.10. The van der Waals surface area contributed by atoms with Gasteiger partial charge in [-0.15, -0.1) is 0 Å². The fourth-order valence-corrected chi connectivity index (χ4v) is 3.68. The molecule has 2 saturated heterocycles. The molecule has 2 bridgehead atoms. The molecule has 24 heavy (non-hydrogen) atoms. The standard InChI is InChI=1S/C20H20N2O2/c21-13-14-8-18(23-17-4-2-1-3-5-17)12-19(9-14)24-20-10-15-6-7-16(11-20)22-15/h1-5,8-9,12,15-16,20,22H,6-7,10-11H2. The van der Waals surface area contributed by atoms with Crippen LogP contribution in [0.5, 0.6) is 17.2 Å². The number of hydrogen-bond acceptors (Lipinski definition) is 4. The van der Waals surface area contributed by atoms with Gasteiger partial charge in [0.15, 0.2) is 0 Å². The van der Waals surface area contributed by atoms with Crippen molar-refractivity contribution in [2.45, 2.75) is 43.9 Å². The highest BCUT2D eigenvalue weighted by Crippen LogP contribution is 2.32. The Balaban J connectivity index is 1.52. The van der Waals surface area contributed by atoms with Crippen LogP contribution < -0.4 is 14.8 Å². The molecule has 0 aromatic heterocycles. The molecule has 2 unspecified atom stereocenters. The quantitative estimate of drug-likeness (QED) is 0.924. The van der Waals surface area contributed by atoms with Crippen molar-refractivity contribution >= 4 is 0 Å². The lowest BCUT2D eigenvalue weighted by atomic mass is 10.0. The molecule has 2 aliphatic rings. The molecule has 122 valence electrons. The van der Waals surface area contributed by atoms with Crippen molar-refractivity contribution < 1.29 is 9.47 Å². The molecular weight excluding hydrogens is 300 g/mol. The summed E-state index contributed by atoms with van der Waals surface area (Å²) in [4.78, 5) is 0. The Morgan fingerprint density at radius 3 is 2.33 bits per heavy atom. The molecular formula is C20H20N2O2. The van der Waals surface area contributed by atoms with E-state index in [1.807, 2.05) is 36.4 Å². The van der Waals surface area contributed by atoms with Gasteiger partial charge in [0.2, 0.25) is 0 Å². The van der Waals surface area contributed by atoms with Crippen molar-refractivity contribution in [3.63, 3.8) is 0 Å². The number of nitriles is 1. The number of ether oxygens (including phenoxy) is 2. The van der Waals surface area contributed by atoms with E-state index < -0.39 is 0 Å². The predicted molar refractivity (Wildman–Crippen MR) is 91.3 cm³/mol. The molecule has 0 aliphatic carbocycles. The fraction of sp³-hybridized carbons (Fsp3) is 0.350. The van der Waals surface area contributed by atoms with E-state index in [0.29, 0.717) is 29.1 Å². The Morgan fingerprint density at radius 1 is 0.917 bits per heavy atom. The van der Waals surface area contributed by atoms with Crippen molar-refractivity contribution in [1.29, 1.82) is 5.26 Å². The third kappa shape index (κ3) is 3.37. The molecule has 2 aromatic carbocycles. The third-order valence-electron chi connectivity index (χ3n) is 4.72. The van der Waals surface area contributed by atoms with Crippen LogP contribution in [0.4, 0.5) is 0 Å². The second-order valence-corrected chi connectivity index (χ2v) is 6.57. The number of para-hydroxylation sites is 1. The molecule has 1 N–H and O–H groups in total. The molecule has 2 heterocycles. The van der Waals surface area contributed by atoms with Gasteiger partial charge in [0.25, 0.3) is 0 Å². The molecule has 2 aliphatic heterocycles. The van der Waals surface area contributed by atoms with Crippen molar-refractivity contribution in [1.82, 2.24) is 5.32 Å². The van der Waals surface area contributed by atoms with Gasteiger partial charge in [-0.25, -0.2) is 0 Å². The molecule has 2 atom stereocenters. The average Bonchev–Trinajstić information content (AvgIpc) is 2.94. The Morgan fingerprint density at radius 2 is 1.62 bits per heavy atom. The van der Waals surface area contributed by atoms with E-state index in [9.17, 15) is 5.26 Å². The molecule has 4 heteroatoms. The molecule has 0 spiro atoms. The summed E-state index contributed by atoms with van der Waals surface area (Å²) in [5.74, 6) is 2.09. The number of piperidine rings is 1. The molecule has 4 rings (SSSR count). The van der Waals surface area contributed by atoms with Crippen LogP contribution in [-0.2, 0) is 0 Å². The highest BCUT2D eigenvalue weighted by Gasteiger charge is 2.34. The highest BCUT2D eigenvalue weighted by atomic mass is 16.5. The van der Waals surface area contributed by atoms with E-state index in [0.717, 1.165) is 18.6 Å². The third-order valence-corrected chi connectivity index (χ3v) is 4.72. The lowest BCUT2D eigenvalue weighted by Crippen LogP contribution is -2.42. The van der Waals surface area contributed by atoms with E-state index in [4.69, 9.17) is 9.47 Å². The summed E-state index contributed by atoms with van der Waals surface area (Å²) < 4.78 is 12.0. The van der Waals surface area contributed by atoms with Crippen LogP contribution in [-0.4, -0.2) is 18.2 Å².